The van der Waals surface area contributed by atoms with Gasteiger partial charge in [0, 0.05) is 44.0 Å². The van der Waals surface area contributed by atoms with Crippen molar-refractivity contribution in [1.82, 2.24) is 4.98 Å². The largest absolute Gasteiger partial charge is 0.506 e. The summed E-state index contributed by atoms with van der Waals surface area (Å²) in [5.74, 6) is 2.71. The van der Waals surface area contributed by atoms with Crippen molar-refractivity contribution in [3.63, 3.8) is 0 Å². The second kappa shape index (κ2) is 12.9. The molecule has 0 radical (unpaired) electrons. The quantitative estimate of drug-likeness (QED) is 0.174. The summed E-state index contributed by atoms with van der Waals surface area (Å²) in [6, 6.07) is 34.6. The Morgan fingerprint density at radius 1 is 0.830 bits per heavy atom. The molecule has 0 unspecified atom stereocenters. The Hall–Kier alpha value is -3.95. The van der Waals surface area contributed by atoms with Crippen LogP contribution in [-0.4, -0.2) is 28.0 Å². The van der Waals surface area contributed by atoms with Crippen LogP contribution >= 0.6 is 0 Å². The van der Waals surface area contributed by atoms with Crippen LogP contribution in [0.4, 0.5) is 5.69 Å². The molecule has 5 aromatic rings. The van der Waals surface area contributed by atoms with Gasteiger partial charge in [-0.05, 0) is 64.5 Å². The first-order chi connectivity index (χ1) is 22.1. The van der Waals surface area contributed by atoms with Crippen LogP contribution in [0, 0.1) is 11.5 Å². The zero-order chi connectivity index (χ0) is 32.2. The SMILES string of the molecule is CC(C)c1cccc(C(C)C)c1N1C(c2[c-]c(Oc3ccc4cccc(O)c4n3)ccc2)=N[C@H]2Cc3ccccc3CC(C)(C)[C@H]21.[Pt]. The summed E-state index contributed by atoms with van der Waals surface area (Å²) in [7, 11) is 0. The zero-order valence-corrected chi connectivity index (χ0v) is 30.2. The van der Waals surface area contributed by atoms with Crippen LogP contribution in [0.15, 0.2) is 96.0 Å². The van der Waals surface area contributed by atoms with Gasteiger partial charge in [0.05, 0.1) is 17.9 Å². The monoisotopic (exact) mass is 803 g/mol. The van der Waals surface area contributed by atoms with E-state index in [1.54, 1.807) is 6.07 Å². The molecule has 1 aromatic heterocycles. The molecule has 7 rings (SSSR count). The molecule has 1 N–H and O–H groups in total. The fraction of sp³-hybridized carbons (Fsp3) is 0.317. The summed E-state index contributed by atoms with van der Waals surface area (Å²) in [5.41, 5.74) is 8.12. The third-order valence-electron chi connectivity index (χ3n) is 9.63. The van der Waals surface area contributed by atoms with Crippen LogP contribution < -0.4 is 9.64 Å². The van der Waals surface area contributed by atoms with Gasteiger partial charge in [0.1, 0.15) is 11.3 Å². The zero-order valence-electron chi connectivity index (χ0n) is 27.9. The number of anilines is 1. The Labute approximate surface area is 293 Å². The molecule has 1 aliphatic carbocycles. The third-order valence-corrected chi connectivity index (χ3v) is 9.63. The Bertz CT molecular complexity index is 1940. The molecule has 47 heavy (non-hydrogen) atoms. The number of phenols is 1. The smallest absolute Gasteiger partial charge is 0.217 e. The second-order valence-corrected chi connectivity index (χ2v) is 14.1. The first-order valence-electron chi connectivity index (χ1n) is 16.5. The topological polar surface area (TPSA) is 58.0 Å². The molecule has 6 heteroatoms. The van der Waals surface area contributed by atoms with Gasteiger partial charge in [0.15, 0.2) is 0 Å². The van der Waals surface area contributed by atoms with Crippen molar-refractivity contribution in [2.75, 3.05) is 4.90 Å². The normalized spacial score (nSPS) is 18.4. The minimum Gasteiger partial charge on any atom is -0.506 e. The summed E-state index contributed by atoms with van der Waals surface area (Å²) in [6.45, 7) is 14.0. The van der Waals surface area contributed by atoms with Gasteiger partial charge in [0.25, 0.3) is 0 Å². The van der Waals surface area contributed by atoms with Gasteiger partial charge in [-0.15, -0.1) is 23.8 Å². The predicted molar refractivity (Wildman–Crippen MR) is 188 cm³/mol. The molecule has 0 fully saturated rings. The van der Waals surface area contributed by atoms with E-state index in [1.807, 2.05) is 36.4 Å². The number of benzene rings is 4. The molecule has 1 aliphatic heterocycles. The molecule has 2 aliphatic rings. The average molecular weight is 804 g/mol. The average Bonchev–Trinajstić information content (AvgIpc) is 3.37. The predicted octanol–water partition coefficient (Wildman–Crippen LogP) is 9.61. The molecule has 0 amide bonds. The minimum absolute atomic E-state index is 0. The summed E-state index contributed by atoms with van der Waals surface area (Å²) < 4.78 is 6.28. The Morgan fingerprint density at radius 2 is 1.51 bits per heavy atom. The third kappa shape index (κ3) is 6.11. The van der Waals surface area contributed by atoms with Crippen LogP contribution in [0.2, 0.25) is 0 Å². The first kappa shape index (κ1) is 33.0. The van der Waals surface area contributed by atoms with Gasteiger partial charge in [-0.1, -0.05) is 102 Å². The number of pyridine rings is 1. The fourth-order valence-corrected chi connectivity index (χ4v) is 7.53. The Kier molecular flexibility index (Phi) is 9.06. The van der Waals surface area contributed by atoms with E-state index in [4.69, 9.17) is 9.73 Å². The molecule has 0 bridgehead atoms. The van der Waals surface area contributed by atoms with Crippen LogP contribution in [0.3, 0.4) is 0 Å². The van der Waals surface area contributed by atoms with Crippen LogP contribution in [0.1, 0.15) is 81.2 Å². The number of fused-ring (bicyclic) bond motifs is 3. The molecule has 2 heterocycles. The van der Waals surface area contributed by atoms with Crippen molar-refractivity contribution in [2.45, 2.75) is 78.3 Å². The number of rotatable bonds is 6. The number of phenolic OH excluding ortho intramolecular Hbond substituents is 1. The standard InChI is InChI=1S/C41H42N3O2.Pt/c1-25(2)32-17-11-18-33(26(3)4)38(32)44-39-34(23-28-12-7-8-13-30(28)24-41(39,5)6)42-40(44)29-15-9-16-31(22-29)46-36-21-20-27-14-10-19-35(45)37(27)43-36;/h7-21,25-26,34,39,45H,23-24H2,1-6H3;/q-1;/t34-,39-;/m0./s1. The maximum Gasteiger partial charge on any atom is 0.217 e. The summed E-state index contributed by atoms with van der Waals surface area (Å²) in [5, 5.41) is 11.2. The second-order valence-electron chi connectivity index (χ2n) is 14.1. The fourth-order valence-electron chi connectivity index (χ4n) is 7.53. The van der Waals surface area contributed by atoms with E-state index in [2.05, 4.69) is 106 Å². The Balaban J connectivity index is 0.00000386. The first-order valence-corrected chi connectivity index (χ1v) is 16.5. The number of amidine groups is 1. The van der Waals surface area contributed by atoms with Gasteiger partial charge < -0.3 is 19.7 Å². The molecule has 2 atom stereocenters. The molecule has 5 nitrogen and oxygen atoms in total. The number of aromatic hydroxyl groups is 1. The van der Waals surface area contributed by atoms with Crippen molar-refractivity contribution < 1.29 is 30.9 Å². The van der Waals surface area contributed by atoms with Gasteiger partial charge in [-0.3, -0.25) is 0 Å². The molecule has 0 saturated carbocycles. The van der Waals surface area contributed by atoms with Gasteiger partial charge in [-0.25, -0.2) is 4.98 Å². The number of nitrogens with zero attached hydrogens (tertiary/aromatic N) is 3. The number of hydrogen-bond acceptors (Lipinski definition) is 5. The summed E-state index contributed by atoms with van der Waals surface area (Å²) in [4.78, 5) is 12.8. The maximum atomic E-state index is 10.4. The molecular weight excluding hydrogens is 762 g/mol. The van der Waals surface area contributed by atoms with Crippen LogP contribution in [0.25, 0.3) is 10.9 Å². The molecule has 244 valence electrons. The van der Waals surface area contributed by atoms with Crippen molar-refractivity contribution >= 4 is 22.4 Å². The maximum absolute atomic E-state index is 10.4. The van der Waals surface area contributed by atoms with E-state index in [0.29, 0.717) is 29.0 Å². The number of aromatic nitrogens is 1. The van der Waals surface area contributed by atoms with Gasteiger partial charge in [-0.2, -0.15) is 0 Å². The summed E-state index contributed by atoms with van der Waals surface area (Å²) in [6.07, 6.45) is 1.88. The van der Waals surface area contributed by atoms with E-state index < -0.39 is 0 Å². The molecular formula is C41H42N3O2Pt-. The van der Waals surface area contributed by atoms with Crippen molar-refractivity contribution in [3.05, 3.63) is 125 Å². The van der Waals surface area contributed by atoms with Crippen molar-refractivity contribution in [2.24, 2.45) is 10.4 Å². The van der Waals surface area contributed by atoms with E-state index in [-0.39, 0.29) is 44.3 Å². The number of hydrogen-bond donors (Lipinski definition) is 1. The van der Waals surface area contributed by atoms with Crippen LogP contribution in [-0.2, 0) is 33.9 Å². The van der Waals surface area contributed by atoms with E-state index in [1.165, 1.54) is 27.9 Å². The Morgan fingerprint density at radius 3 is 2.23 bits per heavy atom. The number of para-hydroxylation sites is 2. The summed E-state index contributed by atoms with van der Waals surface area (Å²) >= 11 is 0. The van der Waals surface area contributed by atoms with Crippen molar-refractivity contribution in [3.8, 4) is 17.4 Å². The number of aliphatic imine (C=N–C) groups is 1. The van der Waals surface area contributed by atoms with Gasteiger partial charge >= 0.3 is 0 Å². The van der Waals surface area contributed by atoms with Crippen LogP contribution in [0.5, 0.6) is 17.4 Å². The number of ether oxygens (including phenoxy) is 1. The van der Waals surface area contributed by atoms with Crippen molar-refractivity contribution in [1.29, 1.82) is 0 Å². The minimum atomic E-state index is -0.0635. The molecule has 4 aromatic carbocycles. The van der Waals surface area contributed by atoms with E-state index in [9.17, 15) is 5.11 Å². The van der Waals surface area contributed by atoms with E-state index >= 15 is 0 Å². The molecule has 0 saturated heterocycles. The molecule has 0 spiro atoms. The van der Waals surface area contributed by atoms with E-state index in [0.717, 1.165) is 29.6 Å². The van der Waals surface area contributed by atoms with Gasteiger partial charge in [0.2, 0.25) is 5.88 Å².